The summed E-state index contributed by atoms with van der Waals surface area (Å²) in [6.07, 6.45) is 4.32. The number of benzene rings is 1. The molecule has 1 aliphatic rings. The molecular formula is C16H18O5S. The van der Waals surface area contributed by atoms with Crippen molar-refractivity contribution in [3.63, 3.8) is 0 Å². The number of ether oxygens (including phenoxy) is 3. The van der Waals surface area contributed by atoms with Gasteiger partial charge in [0, 0.05) is 16.2 Å². The Kier molecular flexibility index (Phi) is 4.11. The van der Waals surface area contributed by atoms with Crippen molar-refractivity contribution in [3.8, 4) is 17.2 Å². The van der Waals surface area contributed by atoms with E-state index in [-0.39, 0.29) is 11.0 Å². The van der Waals surface area contributed by atoms with Gasteiger partial charge in [0.1, 0.15) is 0 Å². The minimum atomic E-state index is -0.966. The molecule has 1 heterocycles. The van der Waals surface area contributed by atoms with Crippen molar-refractivity contribution in [3.05, 3.63) is 17.0 Å². The number of rotatable bonds is 5. The molecule has 1 aromatic carbocycles. The second kappa shape index (κ2) is 6.04. The average molecular weight is 322 g/mol. The van der Waals surface area contributed by atoms with Crippen LogP contribution in [-0.4, -0.2) is 31.4 Å². The zero-order valence-corrected chi connectivity index (χ0v) is 13.4. The molecule has 0 unspecified atom stereocenters. The van der Waals surface area contributed by atoms with Crippen LogP contribution in [0, 0.1) is 0 Å². The molecule has 0 bridgehead atoms. The zero-order valence-electron chi connectivity index (χ0n) is 12.5. The van der Waals surface area contributed by atoms with Gasteiger partial charge in [-0.05, 0) is 31.7 Å². The molecule has 0 amide bonds. The highest BCUT2D eigenvalue weighted by Crippen LogP contribution is 2.44. The Bertz CT molecular complexity index is 700. The molecule has 3 rings (SSSR count). The van der Waals surface area contributed by atoms with Gasteiger partial charge in [-0.15, -0.1) is 11.3 Å². The first-order valence-electron chi connectivity index (χ1n) is 7.22. The van der Waals surface area contributed by atoms with Crippen molar-refractivity contribution < 1.29 is 24.1 Å². The van der Waals surface area contributed by atoms with Crippen LogP contribution < -0.4 is 14.2 Å². The fourth-order valence-corrected chi connectivity index (χ4v) is 3.82. The standard InChI is InChI=1S/C16H18O5S/c1-19-11-7-10-13(8-12(11)20-2)22-15(16(17)18)14(10)21-9-5-3-4-6-9/h7-9H,3-6H2,1-2H3,(H,17,18). The van der Waals surface area contributed by atoms with Crippen LogP contribution in [0.1, 0.15) is 35.4 Å². The van der Waals surface area contributed by atoms with Gasteiger partial charge in [0.25, 0.3) is 0 Å². The van der Waals surface area contributed by atoms with Crippen LogP contribution in [0.4, 0.5) is 0 Å². The Morgan fingerprint density at radius 2 is 1.82 bits per heavy atom. The van der Waals surface area contributed by atoms with E-state index in [0.29, 0.717) is 17.2 Å². The highest BCUT2D eigenvalue weighted by molar-refractivity contribution is 7.21. The van der Waals surface area contributed by atoms with Crippen LogP contribution >= 0.6 is 11.3 Å². The lowest BCUT2D eigenvalue weighted by Crippen LogP contribution is -2.12. The lowest BCUT2D eigenvalue weighted by Gasteiger charge is -2.14. The number of carboxylic acid groups (broad SMARTS) is 1. The fourth-order valence-electron chi connectivity index (χ4n) is 2.83. The summed E-state index contributed by atoms with van der Waals surface area (Å²) < 4.78 is 17.4. The molecule has 1 N–H and O–H groups in total. The number of hydrogen-bond donors (Lipinski definition) is 1. The summed E-state index contributed by atoms with van der Waals surface area (Å²) in [4.78, 5) is 11.8. The van der Waals surface area contributed by atoms with Crippen LogP contribution in [0.3, 0.4) is 0 Å². The second-order valence-electron chi connectivity index (χ2n) is 5.29. The number of carbonyl (C=O) groups is 1. The monoisotopic (exact) mass is 322 g/mol. The van der Waals surface area contributed by atoms with Crippen molar-refractivity contribution in [2.45, 2.75) is 31.8 Å². The molecule has 0 saturated heterocycles. The maximum absolute atomic E-state index is 11.5. The Morgan fingerprint density at radius 3 is 2.41 bits per heavy atom. The molecule has 1 aromatic heterocycles. The zero-order chi connectivity index (χ0) is 15.7. The van der Waals surface area contributed by atoms with Gasteiger partial charge >= 0.3 is 5.97 Å². The van der Waals surface area contributed by atoms with Crippen LogP contribution in [0.5, 0.6) is 17.2 Å². The van der Waals surface area contributed by atoms with Gasteiger partial charge in [-0.2, -0.15) is 0 Å². The van der Waals surface area contributed by atoms with Gasteiger partial charge < -0.3 is 19.3 Å². The first-order valence-corrected chi connectivity index (χ1v) is 8.04. The van der Waals surface area contributed by atoms with E-state index >= 15 is 0 Å². The fraction of sp³-hybridized carbons (Fsp3) is 0.438. The van der Waals surface area contributed by atoms with E-state index in [9.17, 15) is 9.90 Å². The molecule has 0 spiro atoms. The molecular weight excluding hydrogens is 304 g/mol. The van der Waals surface area contributed by atoms with Gasteiger partial charge in [-0.1, -0.05) is 0 Å². The average Bonchev–Trinajstić information content (AvgIpc) is 3.14. The minimum Gasteiger partial charge on any atom is -0.493 e. The summed E-state index contributed by atoms with van der Waals surface area (Å²) in [5.74, 6) is 0.647. The Hall–Kier alpha value is -1.95. The first kappa shape index (κ1) is 15.0. The molecule has 0 aliphatic heterocycles. The third kappa shape index (κ3) is 2.59. The smallest absolute Gasteiger partial charge is 0.349 e. The van der Waals surface area contributed by atoms with Crippen LogP contribution in [-0.2, 0) is 0 Å². The highest BCUT2D eigenvalue weighted by Gasteiger charge is 2.25. The first-order chi connectivity index (χ1) is 10.6. The quantitative estimate of drug-likeness (QED) is 0.903. The van der Waals surface area contributed by atoms with E-state index in [2.05, 4.69) is 0 Å². The highest BCUT2D eigenvalue weighted by atomic mass is 32.1. The Labute approximate surface area is 132 Å². The minimum absolute atomic E-state index is 0.101. The maximum atomic E-state index is 11.5. The largest absolute Gasteiger partial charge is 0.493 e. The van der Waals surface area contributed by atoms with Gasteiger partial charge in [-0.25, -0.2) is 4.79 Å². The number of aromatic carboxylic acids is 1. The molecule has 22 heavy (non-hydrogen) atoms. The molecule has 1 saturated carbocycles. The summed E-state index contributed by atoms with van der Waals surface area (Å²) in [6, 6.07) is 3.59. The molecule has 1 fully saturated rings. The van der Waals surface area contributed by atoms with Gasteiger partial charge in [0.15, 0.2) is 22.1 Å². The number of fused-ring (bicyclic) bond motifs is 1. The lowest BCUT2D eigenvalue weighted by atomic mass is 10.2. The van der Waals surface area contributed by atoms with Gasteiger partial charge in [0.05, 0.1) is 20.3 Å². The van der Waals surface area contributed by atoms with E-state index in [0.717, 1.165) is 35.8 Å². The van der Waals surface area contributed by atoms with Crippen LogP contribution in [0.15, 0.2) is 12.1 Å². The normalized spacial score (nSPS) is 15.2. The van der Waals surface area contributed by atoms with Crippen molar-refractivity contribution in [2.24, 2.45) is 0 Å². The molecule has 1 aliphatic carbocycles. The van der Waals surface area contributed by atoms with Crippen molar-refractivity contribution >= 4 is 27.4 Å². The summed E-state index contributed by atoms with van der Waals surface area (Å²) in [5, 5.41) is 10.2. The van der Waals surface area contributed by atoms with Gasteiger partial charge in [-0.3, -0.25) is 0 Å². The Balaban J connectivity index is 2.13. The Morgan fingerprint density at radius 1 is 1.18 bits per heavy atom. The molecule has 0 radical (unpaired) electrons. The predicted molar refractivity (Wildman–Crippen MR) is 84.8 cm³/mol. The third-order valence-electron chi connectivity index (χ3n) is 3.93. The molecule has 118 valence electrons. The van der Waals surface area contributed by atoms with Crippen LogP contribution in [0.2, 0.25) is 0 Å². The van der Waals surface area contributed by atoms with E-state index in [4.69, 9.17) is 14.2 Å². The number of carboxylic acids is 1. The van der Waals surface area contributed by atoms with E-state index < -0.39 is 5.97 Å². The summed E-state index contributed by atoms with van der Waals surface area (Å²) in [5.41, 5.74) is 0. The molecule has 2 aromatic rings. The summed E-state index contributed by atoms with van der Waals surface area (Å²) in [6.45, 7) is 0. The molecule has 5 nitrogen and oxygen atoms in total. The van der Waals surface area contributed by atoms with E-state index in [1.54, 1.807) is 26.4 Å². The van der Waals surface area contributed by atoms with E-state index in [1.165, 1.54) is 11.3 Å². The van der Waals surface area contributed by atoms with Crippen molar-refractivity contribution in [1.82, 2.24) is 0 Å². The van der Waals surface area contributed by atoms with Crippen LogP contribution in [0.25, 0.3) is 10.1 Å². The van der Waals surface area contributed by atoms with E-state index in [1.807, 2.05) is 0 Å². The SMILES string of the molecule is COc1cc2sc(C(=O)O)c(OC3CCCC3)c2cc1OC. The number of hydrogen-bond acceptors (Lipinski definition) is 5. The topological polar surface area (TPSA) is 65.0 Å². The lowest BCUT2D eigenvalue weighted by molar-refractivity contribution is 0.0695. The van der Waals surface area contributed by atoms with Gasteiger partial charge in [0.2, 0.25) is 0 Å². The summed E-state index contributed by atoms with van der Waals surface area (Å²) >= 11 is 1.20. The molecule has 0 atom stereocenters. The van der Waals surface area contributed by atoms with Crippen molar-refractivity contribution in [2.75, 3.05) is 14.2 Å². The molecule has 6 heteroatoms. The second-order valence-corrected chi connectivity index (χ2v) is 6.35. The summed E-state index contributed by atoms with van der Waals surface area (Å²) in [7, 11) is 3.12. The van der Waals surface area contributed by atoms with Crippen molar-refractivity contribution in [1.29, 1.82) is 0 Å². The predicted octanol–water partition coefficient (Wildman–Crippen LogP) is 3.94. The third-order valence-corrected chi connectivity index (χ3v) is 5.05. The maximum Gasteiger partial charge on any atom is 0.349 e. The number of thiophene rings is 1. The number of methoxy groups -OCH3 is 2.